The Bertz CT molecular complexity index is 566. The first-order valence-electron chi connectivity index (χ1n) is 6.17. The van der Waals surface area contributed by atoms with E-state index in [1.807, 2.05) is 0 Å². The fourth-order valence-electron chi connectivity index (χ4n) is 2.17. The molecule has 0 radical (unpaired) electrons. The summed E-state index contributed by atoms with van der Waals surface area (Å²) in [6, 6.07) is 6.68. The lowest BCUT2D eigenvalue weighted by Gasteiger charge is -2.26. The molecule has 1 heterocycles. The van der Waals surface area contributed by atoms with Crippen molar-refractivity contribution in [2.75, 3.05) is 18.4 Å². The minimum atomic E-state index is -3.48. The molecule has 1 saturated heterocycles. The van der Waals surface area contributed by atoms with Crippen molar-refractivity contribution < 1.29 is 8.42 Å². The van der Waals surface area contributed by atoms with Gasteiger partial charge in [-0.15, -0.1) is 0 Å². The average molecular weight is 299 g/mol. The highest BCUT2D eigenvalue weighted by Gasteiger charge is 2.27. The molecular weight excluding hydrogens is 282 g/mol. The van der Waals surface area contributed by atoms with Gasteiger partial charge in [0.15, 0.2) is 5.11 Å². The van der Waals surface area contributed by atoms with Crippen molar-refractivity contribution in [3.63, 3.8) is 0 Å². The topological polar surface area (TPSA) is 75.4 Å². The van der Waals surface area contributed by atoms with Crippen molar-refractivity contribution in [3.05, 3.63) is 24.3 Å². The Kier molecular flexibility index (Phi) is 4.38. The van der Waals surface area contributed by atoms with E-state index in [0.29, 0.717) is 18.8 Å². The molecule has 104 valence electrons. The predicted molar refractivity (Wildman–Crippen MR) is 79.5 cm³/mol. The lowest BCUT2D eigenvalue weighted by Crippen LogP contribution is -2.36. The third-order valence-corrected chi connectivity index (χ3v) is 5.14. The quantitative estimate of drug-likeness (QED) is 0.828. The van der Waals surface area contributed by atoms with Crippen LogP contribution in [0.2, 0.25) is 0 Å². The van der Waals surface area contributed by atoms with E-state index in [1.54, 1.807) is 24.3 Å². The molecular formula is C12H17N3O2S2. The number of nitrogens with zero attached hydrogens (tertiary/aromatic N) is 1. The molecule has 3 N–H and O–H groups in total. The summed E-state index contributed by atoms with van der Waals surface area (Å²) in [5, 5.41) is 2.78. The Labute approximate surface area is 118 Å². The molecule has 7 heteroatoms. The van der Waals surface area contributed by atoms with Crippen LogP contribution >= 0.6 is 12.2 Å². The van der Waals surface area contributed by atoms with E-state index < -0.39 is 10.0 Å². The largest absolute Gasteiger partial charge is 0.376 e. The molecule has 0 atom stereocenters. The first-order chi connectivity index (χ1) is 9.01. The van der Waals surface area contributed by atoms with E-state index in [9.17, 15) is 8.42 Å². The summed E-state index contributed by atoms with van der Waals surface area (Å²) in [7, 11) is -3.48. The van der Waals surface area contributed by atoms with Crippen LogP contribution in [-0.4, -0.2) is 30.9 Å². The third-order valence-electron chi connectivity index (χ3n) is 3.08. The molecule has 0 spiro atoms. The molecule has 0 saturated carbocycles. The van der Waals surface area contributed by atoms with Crippen LogP contribution in [0.5, 0.6) is 0 Å². The fraction of sp³-hybridized carbons (Fsp3) is 0.417. The van der Waals surface area contributed by atoms with Gasteiger partial charge < -0.3 is 11.1 Å². The molecule has 0 amide bonds. The molecule has 1 aliphatic heterocycles. The monoisotopic (exact) mass is 299 g/mol. The van der Waals surface area contributed by atoms with Crippen molar-refractivity contribution in [1.82, 2.24) is 4.31 Å². The van der Waals surface area contributed by atoms with Crippen LogP contribution in [0.3, 0.4) is 0 Å². The molecule has 1 aromatic carbocycles. The van der Waals surface area contributed by atoms with E-state index in [4.69, 9.17) is 18.0 Å². The number of anilines is 1. The Morgan fingerprint density at radius 1 is 1.21 bits per heavy atom. The Morgan fingerprint density at radius 3 is 2.47 bits per heavy atom. The number of sulfonamides is 1. The van der Waals surface area contributed by atoms with E-state index in [-0.39, 0.29) is 10.0 Å². The van der Waals surface area contributed by atoms with E-state index >= 15 is 0 Å². The third kappa shape index (κ3) is 3.23. The van der Waals surface area contributed by atoms with Crippen LogP contribution in [0.1, 0.15) is 19.3 Å². The van der Waals surface area contributed by atoms with Crippen LogP contribution in [0, 0.1) is 0 Å². The number of thiocarbonyl (C=S) groups is 1. The van der Waals surface area contributed by atoms with Crippen LogP contribution in [0.15, 0.2) is 29.2 Å². The van der Waals surface area contributed by atoms with Gasteiger partial charge in [-0.05, 0) is 37.2 Å². The number of nitrogens with one attached hydrogen (secondary N) is 1. The molecule has 0 aliphatic carbocycles. The van der Waals surface area contributed by atoms with Crippen LogP contribution in [-0.2, 0) is 10.0 Å². The fourth-order valence-corrected chi connectivity index (χ4v) is 3.95. The maximum Gasteiger partial charge on any atom is 0.245 e. The summed E-state index contributed by atoms with van der Waals surface area (Å²) in [6.45, 7) is 1.15. The molecule has 1 aromatic rings. The van der Waals surface area contributed by atoms with Gasteiger partial charge in [0.25, 0.3) is 0 Å². The predicted octanol–water partition coefficient (Wildman–Crippen LogP) is 1.52. The zero-order chi connectivity index (χ0) is 13.9. The zero-order valence-corrected chi connectivity index (χ0v) is 12.1. The van der Waals surface area contributed by atoms with Crippen LogP contribution in [0.4, 0.5) is 5.69 Å². The molecule has 5 nitrogen and oxygen atoms in total. The molecule has 0 unspecified atom stereocenters. The summed E-state index contributed by atoms with van der Waals surface area (Å²) in [6.07, 6.45) is 2.90. The second kappa shape index (κ2) is 5.85. The Morgan fingerprint density at radius 2 is 1.84 bits per heavy atom. The Balaban J connectivity index is 2.36. The van der Waals surface area contributed by atoms with E-state index in [1.165, 1.54) is 4.31 Å². The Hall–Kier alpha value is -1.18. The highest BCUT2D eigenvalue weighted by Crippen LogP contribution is 2.26. The molecule has 19 heavy (non-hydrogen) atoms. The second-order valence-electron chi connectivity index (χ2n) is 4.45. The summed E-state index contributed by atoms with van der Waals surface area (Å²) < 4.78 is 26.7. The molecule has 1 fully saturated rings. The average Bonchev–Trinajstić information content (AvgIpc) is 2.39. The number of hydrogen-bond donors (Lipinski definition) is 2. The van der Waals surface area contributed by atoms with Crippen molar-refractivity contribution >= 4 is 33.0 Å². The lowest BCUT2D eigenvalue weighted by atomic mass is 10.2. The summed E-state index contributed by atoms with van der Waals surface area (Å²) >= 11 is 4.77. The van der Waals surface area contributed by atoms with Crippen molar-refractivity contribution in [1.29, 1.82) is 0 Å². The maximum atomic E-state index is 12.6. The van der Waals surface area contributed by atoms with Crippen molar-refractivity contribution in [3.8, 4) is 0 Å². The SMILES string of the molecule is NC(=S)Nc1ccccc1S(=O)(=O)N1CCCCC1. The van der Waals surface area contributed by atoms with Crippen LogP contribution in [0.25, 0.3) is 0 Å². The molecule has 1 aliphatic rings. The van der Waals surface area contributed by atoms with Gasteiger partial charge in [0.1, 0.15) is 4.90 Å². The first-order valence-corrected chi connectivity index (χ1v) is 8.02. The first kappa shape index (κ1) is 14.2. The van der Waals surface area contributed by atoms with Gasteiger partial charge in [0.05, 0.1) is 5.69 Å². The van der Waals surface area contributed by atoms with Crippen molar-refractivity contribution in [2.45, 2.75) is 24.2 Å². The van der Waals surface area contributed by atoms with Gasteiger partial charge in [-0.1, -0.05) is 18.6 Å². The van der Waals surface area contributed by atoms with Gasteiger partial charge in [-0.25, -0.2) is 8.42 Å². The normalized spacial score (nSPS) is 17.1. The number of nitrogens with two attached hydrogens (primary N) is 1. The number of piperidine rings is 1. The van der Waals surface area contributed by atoms with Gasteiger partial charge in [0, 0.05) is 13.1 Å². The smallest absolute Gasteiger partial charge is 0.245 e. The van der Waals surface area contributed by atoms with Gasteiger partial charge in [-0.3, -0.25) is 0 Å². The summed E-state index contributed by atoms with van der Waals surface area (Å²) in [5.41, 5.74) is 5.86. The number of rotatable bonds is 3. The standard InChI is InChI=1S/C12H17N3O2S2/c13-12(18)14-10-6-2-3-7-11(10)19(16,17)15-8-4-1-5-9-15/h2-3,6-7H,1,4-5,8-9H2,(H3,13,14,18). The number of hydrogen-bond acceptors (Lipinski definition) is 3. The summed E-state index contributed by atoms with van der Waals surface area (Å²) in [4.78, 5) is 0.227. The lowest BCUT2D eigenvalue weighted by molar-refractivity contribution is 0.347. The van der Waals surface area contributed by atoms with Crippen LogP contribution < -0.4 is 11.1 Å². The highest BCUT2D eigenvalue weighted by atomic mass is 32.2. The second-order valence-corrected chi connectivity index (χ2v) is 6.80. The highest BCUT2D eigenvalue weighted by molar-refractivity contribution is 7.89. The summed E-state index contributed by atoms with van der Waals surface area (Å²) in [5.74, 6) is 0. The van der Waals surface area contributed by atoms with E-state index in [0.717, 1.165) is 19.3 Å². The van der Waals surface area contributed by atoms with Gasteiger partial charge in [-0.2, -0.15) is 4.31 Å². The van der Waals surface area contributed by atoms with Gasteiger partial charge >= 0.3 is 0 Å². The number of benzene rings is 1. The molecule has 2 rings (SSSR count). The molecule has 0 bridgehead atoms. The minimum Gasteiger partial charge on any atom is -0.376 e. The van der Waals surface area contributed by atoms with Crippen molar-refractivity contribution in [2.24, 2.45) is 5.73 Å². The molecule has 0 aromatic heterocycles. The van der Waals surface area contributed by atoms with E-state index in [2.05, 4.69) is 5.32 Å². The van der Waals surface area contributed by atoms with Gasteiger partial charge in [0.2, 0.25) is 10.0 Å². The maximum absolute atomic E-state index is 12.6. The number of para-hydroxylation sites is 1. The minimum absolute atomic E-state index is 0.0568. The zero-order valence-electron chi connectivity index (χ0n) is 10.5.